The van der Waals surface area contributed by atoms with Crippen molar-refractivity contribution < 1.29 is 16.1 Å². The van der Waals surface area contributed by atoms with Gasteiger partial charge in [-0.1, -0.05) is 34.9 Å². The van der Waals surface area contributed by atoms with Crippen molar-refractivity contribution in [1.82, 2.24) is 0 Å². The third-order valence-corrected chi connectivity index (χ3v) is 2.11. The quantitative estimate of drug-likeness (QED) is 0.643. The maximum atomic E-state index is 9.20. The summed E-state index contributed by atoms with van der Waals surface area (Å²) in [7, 11) is 0. The predicted octanol–water partition coefficient (Wildman–Crippen LogP) is 4.40. The van der Waals surface area contributed by atoms with Crippen LogP contribution < -0.4 is 0 Å². The van der Waals surface area contributed by atoms with E-state index in [-0.39, 0.29) is 12.0 Å². The first-order valence-corrected chi connectivity index (χ1v) is 5.36. The van der Waals surface area contributed by atoms with Gasteiger partial charge in [0.1, 0.15) is 0 Å². The molecule has 0 aliphatic rings. The highest BCUT2D eigenvalue weighted by molar-refractivity contribution is 5.05. The molecule has 0 amide bonds. The van der Waals surface area contributed by atoms with Gasteiger partial charge in [0.2, 0.25) is 0 Å². The minimum atomic E-state index is -2.84. The maximum Gasteiger partial charge on any atom is 0.0614 e. The van der Waals surface area contributed by atoms with E-state index in [2.05, 4.69) is 0 Å². The van der Waals surface area contributed by atoms with E-state index in [1.807, 2.05) is 13.0 Å². The molecule has 0 bridgehead atoms. The van der Waals surface area contributed by atoms with E-state index in [0.29, 0.717) is 24.8 Å². The molecule has 1 nitrogen and oxygen atoms in total. The first kappa shape index (κ1) is 6.20. The van der Waals surface area contributed by atoms with Gasteiger partial charge in [-0.3, -0.25) is 0 Å². The fourth-order valence-corrected chi connectivity index (χ4v) is 1.23. The number of hydrogen-bond donors (Lipinski definition) is 1. The normalized spacial score (nSPS) is 24.2. The van der Waals surface area contributed by atoms with Crippen LogP contribution in [-0.2, 0) is 0 Å². The fraction of sp³-hybridized carbons (Fsp3) is 0.600. The molecular formula is C15H26O. The zero-order chi connectivity index (χ0) is 19.1. The van der Waals surface area contributed by atoms with Gasteiger partial charge in [0.15, 0.2) is 0 Å². The molecule has 0 saturated carbocycles. The van der Waals surface area contributed by atoms with Gasteiger partial charge in [0, 0.05) is 6.85 Å². The van der Waals surface area contributed by atoms with Crippen molar-refractivity contribution >= 4 is 0 Å². The molecule has 0 spiro atoms. The first-order chi connectivity index (χ1) is 10.8. The predicted molar refractivity (Wildman–Crippen MR) is 72.5 cm³/mol. The second-order valence-electron chi connectivity index (χ2n) is 3.78. The van der Waals surface area contributed by atoms with Crippen LogP contribution in [0.2, 0.25) is 0 Å². The van der Waals surface area contributed by atoms with Crippen molar-refractivity contribution in [3.63, 3.8) is 0 Å². The minimum Gasteiger partial charge on any atom is -0.392 e. The molecule has 0 radical (unpaired) electrons. The molecule has 0 aromatic heterocycles. The van der Waals surface area contributed by atoms with Crippen LogP contribution in [0.3, 0.4) is 0 Å². The Morgan fingerprint density at radius 3 is 2.56 bits per heavy atom. The lowest BCUT2D eigenvalue weighted by atomic mass is 10.1. The summed E-state index contributed by atoms with van der Waals surface area (Å²) < 4.78 is 58.3. The van der Waals surface area contributed by atoms with Gasteiger partial charge >= 0.3 is 0 Å². The van der Waals surface area contributed by atoms with Crippen LogP contribution in [0.15, 0.2) is 34.9 Å². The van der Waals surface area contributed by atoms with E-state index in [4.69, 9.17) is 11.0 Å². The van der Waals surface area contributed by atoms with Gasteiger partial charge in [-0.15, -0.1) is 0 Å². The minimum absolute atomic E-state index is 0.0512. The van der Waals surface area contributed by atoms with Crippen molar-refractivity contribution in [2.45, 2.75) is 53.3 Å². The molecule has 0 aromatic carbocycles. The molecular weight excluding hydrogens is 196 g/mol. The van der Waals surface area contributed by atoms with Crippen LogP contribution in [0.4, 0.5) is 0 Å². The fourth-order valence-electron chi connectivity index (χ4n) is 1.23. The number of hydrogen-bond acceptors (Lipinski definition) is 1. The van der Waals surface area contributed by atoms with E-state index in [1.54, 1.807) is 13.0 Å². The molecule has 1 N–H and O–H groups in total. The van der Waals surface area contributed by atoms with Crippen LogP contribution in [-0.4, -0.2) is 11.7 Å². The van der Waals surface area contributed by atoms with Gasteiger partial charge in [-0.05, 0) is 53.3 Å². The van der Waals surface area contributed by atoms with Gasteiger partial charge < -0.3 is 5.11 Å². The molecule has 16 heavy (non-hydrogen) atoms. The van der Waals surface area contributed by atoms with Gasteiger partial charge in [0.25, 0.3) is 0 Å². The molecule has 0 rings (SSSR count). The average Bonchev–Trinajstić information content (AvgIpc) is 2.40. The Kier molecular flexibility index (Phi) is 3.65. The third kappa shape index (κ3) is 9.72. The van der Waals surface area contributed by atoms with Crippen LogP contribution in [0.5, 0.6) is 0 Å². The molecule has 0 aliphatic carbocycles. The zero-order valence-corrected chi connectivity index (χ0v) is 10.0. The lowest BCUT2D eigenvalue weighted by Gasteiger charge is -2.00. The van der Waals surface area contributed by atoms with Crippen molar-refractivity contribution in [2.24, 2.45) is 0 Å². The molecule has 0 saturated heterocycles. The Hall–Kier alpha value is -0.820. The Bertz CT molecular complexity index is 495. The van der Waals surface area contributed by atoms with E-state index in [9.17, 15) is 5.11 Å². The molecule has 0 aliphatic heterocycles. The molecule has 1 heteroatoms. The monoisotopic (exact) mass is 230 g/mol. The van der Waals surface area contributed by atoms with Crippen molar-refractivity contribution in [1.29, 1.82) is 0 Å². The van der Waals surface area contributed by atoms with Crippen LogP contribution >= 0.6 is 0 Å². The zero-order valence-electron chi connectivity index (χ0n) is 18.0. The summed E-state index contributed by atoms with van der Waals surface area (Å²) in [6, 6.07) is -0.722. The molecule has 0 fully saturated rings. The van der Waals surface area contributed by atoms with E-state index in [1.165, 1.54) is 0 Å². The van der Waals surface area contributed by atoms with Crippen molar-refractivity contribution in [3.8, 4) is 0 Å². The highest BCUT2D eigenvalue weighted by Gasteiger charge is 1.91. The van der Waals surface area contributed by atoms with Crippen molar-refractivity contribution in [3.05, 3.63) is 34.9 Å². The smallest absolute Gasteiger partial charge is 0.0614 e. The third-order valence-electron chi connectivity index (χ3n) is 2.11. The summed E-state index contributed by atoms with van der Waals surface area (Å²) in [6.07, 6.45) is 5.39. The van der Waals surface area contributed by atoms with Gasteiger partial charge in [0.05, 0.1) is 10.7 Å². The number of aliphatic hydroxyl groups is 1. The second-order valence-corrected chi connectivity index (χ2v) is 3.78. The highest BCUT2D eigenvalue weighted by Crippen LogP contribution is 2.10. The number of rotatable bonds is 7. The lowest BCUT2D eigenvalue weighted by Crippen LogP contribution is -1.82. The molecule has 0 aromatic rings. The Labute approximate surface area is 112 Å². The van der Waals surface area contributed by atoms with Crippen LogP contribution in [0.1, 0.15) is 64.2 Å². The largest absolute Gasteiger partial charge is 0.392 e. The SMILES string of the molecule is [2H]C(=C(CCC=C(C)CCC=C(C)C([2H])([2H])[2H])C([2H])[2H])C([2H])([2H])O. The maximum absolute atomic E-state index is 9.20. The Morgan fingerprint density at radius 1 is 1.25 bits per heavy atom. The molecule has 0 atom stereocenters. The average molecular weight is 230 g/mol. The summed E-state index contributed by atoms with van der Waals surface area (Å²) >= 11 is 0. The van der Waals surface area contributed by atoms with E-state index in [0.717, 1.165) is 5.57 Å². The van der Waals surface area contributed by atoms with Crippen LogP contribution in [0.25, 0.3) is 0 Å². The van der Waals surface area contributed by atoms with Crippen LogP contribution in [0, 0.1) is 0 Å². The van der Waals surface area contributed by atoms with Crippen molar-refractivity contribution in [2.75, 3.05) is 6.56 Å². The van der Waals surface area contributed by atoms with E-state index < -0.39 is 26.3 Å². The topological polar surface area (TPSA) is 20.2 Å². The summed E-state index contributed by atoms with van der Waals surface area (Å²) in [5.41, 5.74) is 1.31. The number of allylic oxidation sites excluding steroid dienone is 5. The van der Waals surface area contributed by atoms with Gasteiger partial charge in [-0.2, -0.15) is 0 Å². The standard InChI is InChI=1S/C15H26O/c1-13(2)7-5-8-14(3)9-6-10-15(4)11-12-16/h7,9,11,16H,5-6,8,10,12H2,1-4H3/i1D3,4D2,11D,12D2. The Morgan fingerprint density at radius 2 is 1.94 bits per heavy atom. The molecule has 0 heterocycles. The summed E-state index contributed by atoms with van der Waals surface area (Å²) in [5.74, 6) is 0. The van der Waals surface area contributed by atoms with Gasteiger partial charge in [-0.25, -0.2) is 0 Å². The van der Waals surface area contributed by atoms with E-state index >= 15 is 0 Å². The molecule has 92 valence electrons. The second kappa shape index (κ2) is 9.41. The molecule has 0 unspecified atom stereocenters. The first-order valence-electron chi connectivity index (χ1n) is 9.52. The Balaban J connectivity index is 4.68. The lowest BCUT2D eigenvalue weighted by molar-refractivity contribution is 0.341. The summed E-state index contributed by atoms with van der Waals surface area (Å²) in [6.45, 7) is -2.95. The summed E-state index contributed by atoms with van der Waals surface area (Å²) in [4.78, 5) is 0. The summed E-state index contributed by atoms with van der Waals surface area (Å²) in [5, 5.41) is 9.20. The highest BCUT2D eigenvalue weighted by atomic mass is 16.2.